The van der Waals surface area contributed by atoms with Gasteiger partial charge in [-0.05, 0) is 36.5 Å². The zero-order valence-corrected chi connectivity index (χ0v) is 15.8. The van der Waals surface area contributed by atoms with E-state index >= 15 is 0 Å². The second kappa shape index (κ2) is 5.63. The molecule has 1 N–H and O–H groups in total. The van der Waals surface area contributed by atoms with Gasteiger partial charge in [-0.25, -0.2) is 0 Å². The maximum absolute atomic E-state index is 10.3. The first kappa shape index (κ1) is 17.8. The van der Waals surface area contributed by atoms with Crippen molar-refractivity contribution in [2.45, 2.75) is 38.1 Å². The largest absolute Gasteiger partial charge is 0.454 e. The van der Waals surface area contributed by atoms with Gasteiger partial charge in [0.25, 0.3) is 0 Å². The molecule has 5 rings (SSSR count). The molecule has 1 aromatic rings. The molecule has 8 nitrogen and oxygen atoms in total. The van der Waals surface area contributed by atoms with E-state index in [2.05, 4.69) is 25.1 Å². The molecule has 146 valence electrons. The van der Waals surface area contributed by atoms with Crippen LogP contribution in [0.3, 0.4) is 0 Å². The highest BCUT2D eigenvalue weighted by molar-refractivity contribution is 5.89. The molecule has 1 saturated carbocycles. The molecule has 0 aromatic heterocycles. The molecule has 29 heavy (non-hydrogen) atoms. The highest BCUT2D eigenvalue weighted by atomic mass is 16.7. The first-order valence-corrected chi connectivity index (χ1v) is 9.55. The molecule has 8 heteroatoms. The lowest BCUT2D eigenvalue weighted by molar-refractivity contribution is -0.298. The van der Waals surface area contributed by atoms with Gasteiger partial charge in [-0.2, -0.15) is 15.8 Å². The van der Waals surface area contributed by atoms with Gasteiger partial charge in [0.1, 0.15) is 6.10 Å². The third-order valence-corrected chi connectivity index (χ3v) is 6.87. The van der Waals surface area contributed by atoms with Crippen LogP contribution in [-0.4, -0.2) is 18.5 Å². The average molecular weight is 390 g/mol. The van der Waals surface area contributed by atoms with Gasteiger partial charge in [0.05, 0.1) is 24.1 Å². The second-order valence-corrected chi connectivity index (χ2v) is 8.24. The summed E-state index contributed by atoms with van der Waals surface area (Å²) in [5.41, 5.74) is -3.12. The maximum Gasteiger partial charge on any atom is 0.231 e. The van der Waals surface area contributed by atoms with Crippen molar-refractivity contribution in [1.82, 2.24) is 0 Å². The summed E-state index contributed by atoms with van der Waals surface area (Å²) >= 11 is 0. The molecule has 4 aliphatic rings. The fourth-order valence-electron chi connectivity index (χ4n) is 5.41. The first-order valence-electron chi connectivity index (χ1n) is 9.55. The minimum absolute atomic E-state index is 0.0890. The molecule has 5 atom stereocenters. The van der Waals surface area contributed by atoms with E-state index in [9.17, 15) is 15.8 Å². The quantitative estimate of drug-likeness (QED) is 0.778. The van der Waals surface area contributed by atoms with Crippen molar-refractivity contribution >= 4 is 5.90 Å². The Hall–Kier alpha value is -3.28. The number of nitrogens with zero attached hydrogens (tertiary/aromatic N) is 3. The Balaban J connectivity index is 1.74. The number of benzene rings is 1. The van der Waals surface area contributed by atoms with Crippen LogP contribution in [0.1, 0.15) is 37.9 Å². The molecular formula is C21H18N4O4. The van der Waals surface area contributed by atoms with Crippen LogP contribution in [0, 0.1) is 62.1 Å². The van der Waals surface area contributed by atoms with Gasteiger partial charge in [0.15, 0.2) is 16.9 Å². The van der Waals surface area contributed by atoms with Crippen LogP contribution >= 0.6 is 0 Å². The van der Waals surface area contributed by atoms with E-state index in [0.29, 0.717) is 29.9 Å². The van der Waals surface area contributed by atoms with Crippen molar-refractivity contribution in [3.8, 4) is 29.7 Å². The summed E-state index contributed by atoms with van der Waals surface area (Å²) in [6, 6.07) is 11.4. The Bertz CT molecular complexity index is 1040. The van der Waals surface area contributed by atoms with Crippen molar-refractivity contribution in [2.75, 3.05) is 6.79 Å². The summed E-state index contributed by atoms with van der Waals surface area (Å²) in [5.74, 6) is -0.754. The van der Waals surface area contributed by atoms with Gasteiger partial charge in [-0.3, -0.25) is 5.41 Å². The van der Waals surface area contributed by atoms with Crippen LogP contribution in [-0.2, 0) is 9.47 Å². The van der Waals surface area contributed by atoms with E-state index in [0.717, 1.165) is 6.42 Å². The van der Waals surface area contributed by atoms with E-state index in [4.69, 9.17) is 24.4 Å². The average Bonchev–Trinajstić information content (AvgIpc) is 3.27. The van der Waals surface area contributed by atoms with Crippen LogP contribution in [0.2, 0.25) is 0 Å². The normalized spacial score (nSPS) is 38.1. The van der Waals surface area contributed by atoms with E-state index in [-0.39, 0.29) is 18.6 Å². The summed E-state index contributed by atoms with van der Waals surface area (Å²) in [6.07, 6.45) is 0.790. The Labute approximate surface area is 167 Å². The molecule has 5 unspecified atom stereocenters. The van der Waals surface area contributed by atoms with Gasteiger partial charge in [-0.1, -0.05) is 13.0 Å². The summed E-state index contributed by atoms with van der Waals surface area (Å²) in [5, 5.41) is 39.3. The van der Waals surface area contributed by atoms with Crippen LogP contribution < -0.4 is 9.47 Å². The third-order valence-electron chi connectivity index (χ3n) is 6.87. The molecule has 0 amide bonds. The number of nitrogens with one attached hydrogen (secondary N) is 1. The predicted molar refractivity (Wildman–Crippen MR) is 96.1 cm³/mol. The molecule has 0 radical (unpaired) electrons. The lowest BCUT2D eigenvalue weighted by Crippen LogP contribution is -2.60. The molecule has 2 bridgehead atoms. The maximum atomic E-state index is 10.3. The molecular weight excluding hydrogens is 372 g/mol. The van der Waals surface area contributed by atoms with Crippen molar-refractivity contribution in [2.24, 2.45) is 22.7 Å². The lowest BCUT2D eigenvalue weighted by atomic mass is 9.50. The zero-order chi connectivity index (χ0) is 20.4. The van der Waals surface area contributed by atoms with Crippen LogP contribution in [0.25, 0.3) is 0 Å². The number of nitriles is 3. The predicted octanol–water partition coefficient (Wildman–Crippen LogP) is 3.17. The molecule has 1 aliphatic carbocycles. The van der Waals surface area contributed by atoms with Gasteiger partial charge >= 0.3 is 0 Å². The Morgan fingerprint density at radius 2 is 1.86 bits per heavy atom. The third kappa shape index (κ3) is 1.91. The minimum Gasteiger partial charge on any atom is -0.454 e. The summed E-state index contributed by atoms with van der Waals surface area (Å²) in [6.45, 7) is 2.15. The summed E-state index contributed by atoms with van der Waals surface area (Å²) < 4.78 is 23.1. The van der Waals surface area contributed by atoms with E-state index < -0.39 is 28.6 Å². The molecule has 1 aromatic carbocycles. The number of fused-ring (bicyclic) bond motifs is 1. The fraction of sp³-hybridized carbons (Fsp3) is 0.524. The molecule has 0 spiro atoms. The number of hydrogen-bond acceptors (Lipinski definition) is 8. The first-order chi connectivity index (χ1) is 14.0. The van der Waals surface area contributed by atoms with Crippen LogP contribution in [0.15, 0.2) is 18.2 Å². The van der Waals surface area contributed by atoms with Crippen LogP contribution in [0.5, 0.6) is 11.5 Å². The molecule has 3 fully saturated rings. The van der Waals surface area contributed by atoms with E-state index in [1.54, 1.807) is 18.2 Å². The number of rotatable bonds is 1. The highest BCUT2D eigenvalue weighted by Gasteiger charge is 2.80. The molecule has 3 heterocycles. The highest BCUT2D eigenvalue weighted by Crippen LogP contribution is 2.70. The molecule has 2 saturated heterocycles. The van der Waals surface area contributed by atoms with Crippen molar-refractivity contribution in [3.05, 3.63) is 23.8 Å². The van der Waals surface area contributed by atoms with Crippen molar-refractivity contribution < 1.29 is 18.9 Å². The number of hydrogen-bond donors (Lipinski definition) is 1. The van der Waals surface area contributed by atoms with Crippen molar-refractivity contribution in [3.63, 3.8) is 0 Å². The van der Waals surface area contributed by atoms with Gasteiger partial charge < -0.3 is 18.9 Å². The van der Waals surface area contributed by atoms with Gasteiger partial charge in [-0.15, -0.1) is 0 Å². The topological polar surface area (TPSA) is 132 Å². The Kier molecular flexibility index (Phi) is 3.45. The van der Waals surface area contributed by atoms with Crippen LogP contribution in [0.4, 0.5) is 0 Å². The Morgan fingerprint density at radius 1 is 1.10 bits per heavy atom. The monoisotopic (exact) mass is 390 g/mol. The smallest absolute Gasteiger partial charge is 0.231 e. The number of ether oxygens (including phenoxy) is 4. The summed E-state index contributed by atoms with van der Waals surface area (Å²) in [7, 11) is 0. The van der Waals surface area contributed by atoms with Crippen molar-refractivity contribution in [1.29, 1.82) is 21.2 Å². The minimum atomic E-state index is -1.94. The molecule has 3 aliphatic heterocycles. The SMILES string of the molecule is CC1CCC23OC(=N)C(C#N)(C2C1)C(C#N)(C#N)C(c1ccc2c(c1)OCO2)O3. The Morgan fingerprint density at radius 3 is 2.59 bits per heavy atom. The van der Waals surface area contributed by atoms with Gasteiger partial charge in [0.2, 0.25) is 23.9 Å². The van der Waals surface area contributed by atoms with E-state index in [1.165, 1.54) is 0 Å². The zero-order valence-electron chi connectivity index (χ0n) is 15.8. The van der Waals surface area contributed by atoms with E-state index in [1.807, 2.05) is 0 Å². The standard InChI is InChI=1S/C21H18N4O4/c1-12-4-5-21-16(6-12)20(10-24,18(25)29-21)19(8-22,9-23)17(28-21)13-2-3-14-15(7-13)27-11-26-14/h2-3,7,12,16-17,25H,4-6,11H2,1H3. The fourth-order valence-corrected chi connectivity index (χ4v) is 5.41. The summed E-state index contributed by atoms with van der Waals surface area (Å²) in [4.78, 5) is 0. The lowest BCUT2D eigenvalue weighted by Gasteiger charge is -2.52. The van der Waals surface area contributed by atoms with Gasteiger partial charge in [0, 0.05) is 6.42 Å². The second-order valence-electron chi connectivity index (χ2n) is 8.24.